The molecule has 0 saturated heterocycles. The molecule has 8 nitrogen and oxygen atoms in total. The Hall–Kier alpha value is -3.69. The fourth-order valence-electron chi connectivity index (χ4n) is 4.44. The minimum atomic E-state index is -3.55. The largest absolute Gasteiger partial charge is 0.497 e. The highest BCUT2D eigenvalue weighted by Gasteiger charge is 2.31. The van der Waals surface area contributed by atoms with Gasteiger partial charge in [-0.25, -0.2) is 13.1 Å². The topological polar surface area (TPSA) is 105 Å². The van der Waals surface area contributed by atoms with Crippen LogP contribution in [0.15, 0.2) is 83.8 Å². The summed E-state index contributed by atoms with van der Waals surface area (Å²) in [6.07, 6.45) is 1.38. The first-order chi connectivity index (χ1) is 19.6. The van der Waals surface area contributed by atoms with Crippen LogP contribution in [0.25, 0.3) is 0 Å². The van der Waals surface area contributed by atoms with E-state index in [1.54, 1.807) is 43.2 Å². The number of carbonyl (C=O) groups is 2. The summed E-state index contributed by atoms with van der Waals surface area (Å²) in [6.45, 7) is 6.98. The van der Waals surface area contributed by atoms with E-state index in [0.29, 0.717) is 31.2 Å². The predicted octanol–water partition coefficient (Wildman–Crippen LogP) is 4.86. The smallest absolute Gasteiger partial charge is 0.247 e. The van der Waals surface area contributed by atoms with Gasteiger partial charge in [-0.05, 0) is 59.7 Å². The first kappa shape index (κ1) is 31.8. The molecule has 3 rings (SSSR count). The highest BCUT2D eigenvalue weighted by atomic mass is 32.2. The maximum atomic E-state index is 13.9. The molecule has 0 aliphatic heterocycles. The van der Waals surface area contributed by atoms with Crippen LogP contribution < -0.4 is 14.8 Å². The normalized spacial score (nSPS) is 12.1. The number of rotatable bonds is 15. The molecule has 0 spiro atoms. The molecule has 3 aromatic carbocycles. The highest BCUT2D eigenvalue weighted by molar-refractivity contribution is 7.89. The van der Waals surface area contributed by atoms with Gasteiger partial charge >= 0.3 is 0 Å². The van der Waals surface area contributed by atoms with Gasteiger partial charge in [0.1, 0.15) is 11.8 Å². The number of sulfonamides is 1. The molecule has 0 aliphatic carbocycles. The number of benzene rings is 3. The van der Waals surface area contributed by atoms with E-state index < -0.39 is 16.1 Å². The summed E-state index contributed by atoms with van der Waals surface area (Å²) in [5.41, 5.74) is 2.43. The molecule has 0 fully saturated rings. The Labute approximate surface area is 244 Å². The van der Waals surface area contributed by atoms with Crippen LogP contribution in [0.3, 0.4) is 0 Å². The summed E-state index contributed by atoms with van der Waals surface area (Å²) >= 11 is 0. The van der Waals surface area contributed by atoms with E-state index in [4.69, 9.17) is 4.74 Å². The Balaban J connectivity index is 1.88. The van der Waals surface area contributed by atoms with Gasteiger partial charge in [0.25, 0.3) is 0 Å². The van der Waals surface area contributed by atoms with Crippen molar-refractivity contribution in [2.45, 2.75) is 57.5 Å². The third-order valence-corrected chi connectivity index (χ3v) is 8.29. The molecule has 0 saturated carbocycles. The van der Waals surface area contributed by atoms with Crippen LogP contribution in [-0.2, 0) is 32.6 Å². The number of ether oxygens (including phenoxy) is 1. The molecule has 0 bridgehead atoms. The molecule has 9 heteroatoms. The fraction of sp³-hybridized carbons (Fsp3) is 0.375. The predicted molar refractivity (Wildman–Crippen MR) is 161 cm³/mol. The molecule has 0 aromatic heterocycles. The van der Waals surface area contributed by atoms with Crippen molar-refractivity contribution in [3.63, 3.8) is 0 Å². The molecule has 0 radical (unpaired) electrons. The summed E-state index contributed by atoms with van der Waals surface area (Å²) in [5.74, 6) is 0.730. The SMILES string of the molecule is CCNS(=O)(=O)c1ccc(CCC(=O)N(Cc2ccc(OC)cc2)[C@H](C(=O)NCCC(C)C)c2ccccc2)cc1. The summed E-state index contributed by atoms with van der Waals surface area (Å²) < 4.78 is 32.3. The van der Waals surface area contributed by atoms with Crippen LogP contribution in [0, 0.1) is 5.92 Å². The number of hydrogen-bond donors (Lipinski definition) is 2. The van der Waals surface area contributed by atoms with E-state index >= 15 is 0 Å². The Morgan fingerprint density at radius 2 is 1.54 bits per heavy atom. The Morgan fingerprint density at radius 1 is 0.902 bits per heavy atom. The first-order valence-corrected chi connectivity index (χ1v) is 15.5. The van der Waals surface area contributed by atoms with Gasteiger partial charge in [0, 0.05) is 26.1 Å². The van der Waals surface area contributed by atoms with Gasteiger partial charge in [0.05, 0.1) is 12.0 Å². The fourth-order valence-corrected chi connectivity index (χ4v) is 5.48. The zero-order valence-electron chi connectivity index (χ0n) is 24.3. The van der Waals surface area contributed by atoms with Crippen molar-refractivity contribution in [2.24, 2.45) is 5.92 Å². The monoisotopic (exact) mass is 579 g/mol. The molecule has 2 N–H and O–H groups in total. The molecule has 0 aliphatic rings. The first-order valence-electron chi connectivity index (χ1n) is 14.0. The number of amides is 2. The molecule has 3 aromatic rings. The third kappa shape index (κ3) is 9.43. The van der Waals surface area contributed by atoms with E-state index in [2.05, 4.69) is 23.9 Å². The third-order valence-electron chi connectivity index (χ3n) is 6.72. The number of aryl methyl sites for hydroxylation is 1. The van der Waals surface area contributed by atoms with Crippen LogP contribution >= 0.6 is 0 Å². The van der Waals surface area contributed by atoms with Gasteiger partial charge in [-0.2, -0.15) is 0 Å². The average molecular weight is 580 g/mol. The number of carbonyl (C=O) groups excluding carboxylic acids is 2. The van der Waals surface area contributed by atoms with Crippen LogP contribution in [-0.4, -0.2) is 45.3 Å². The minimum absolute atomic E-state index is 0.151. The van der Waals surface area contributed by atoms with Crippen molar-refractivity contribution < 1.29 is 22.7 Å². The lowest BCUT2D eigenvalue weighted by Gasteiger charge is -2.32. The Kier molecular flexibility index (Phi) is 11.9. The van der Waals surface area contributed by atoms with Gasteiger partial charge in [-0.15, -0.1) is 0 Å². The average Bonchev–Trinajstić information content (AvgIpc) is 2.96. The highest BCUT2D eigenvalue weighted by Crippen LogP contribution is 2.26. The Bertz CT molecular complexity index is 1360. The van der Waals surface area contributed by atoms with Crippen molar-refractivity contribution in [1.29, 1.82) is 0 Å². The van der Waals surface area contributed by atoms with Gasteiger partial charge < -0.3 is 15.0 Å². The van der Waals surface area contributed by atoms with Crippen molar-refractivity contribution in [3.8, 4) is 5.75 Å². The lowest BCUT2D eigenvalue weighted by atomic mass is 10.0. The van der Waals surface area contributed by atoms with Gasteiger partial charge in [-0.3, -0.25) is 9.59 Å². The van der Waals surface area contributed by atoms with E-state index in [1.165, 1.54) is 0 Å². The van der Waals surface area contributed by atoms with E-state index in [-0.39, 0.29) is 29.7 Å². The summed E-state index contributed by atoms with van der Waals surface area (Å²) in [4.78, 5) is 29.3. The zero-order valence-corrected chi connectivity index (χ0v) is 25.1. The lowest BCUT2D eigenvalue weighted by molar-refractivity contribution is -0.141. The van der Waals surface area contributed by atoms with E-state index in [9.17, 15) is 18.0 Å². The van der Waals surface area contributed by atoms with Crippen LogP contribution in [0.1, 0.15) is 56.3 Å². The van der Waals surface area contributed by atoms with Gasteiger partial charge in [0.2, 0.25) is 21.8 Å². The number of hydrogen-bond acceptors (Lipinski definition) is 5. The minimum Gasteiger partial charge on any atom is -0.497 e. The molecular weight excluding hydrogens is 538 g/mol. The summed E-state index contributed by atoms with van der Waals surface area (Å²) in [7, 11) is -1.96. The van der Waals surface area contributed by atoms with E-state index in [1.807, 2.05) is 54.6 Å². The number of nitrogens with zero attached hydrogens (tertiary/aromatic N) is 1. The van der Waals surface area contributed by atoms with E-state index in [0.717, 1.165) is 23.1 Å². The zero-order chi connectivity index (χ0) is 29.8. The lowest BCUT2D eigenvalue weighted by Crippen LogP contribution is -2.43. The van der Waals surface area contributed by atoms with Crippen LogP contribution in [0.4, 0.5) is 0 Å². The second-order valence-electron chi connectivity index (χ2n) is 10.3. The second kappa shape index (κ2) is 15.3. The summed E-state index contributed by atoms with van der Waals surface area (Å²) in [5, 5.41) is 3.04. The van der Waals surface area contributed by atoms with Crippen LogP contribution in [0.5, 0.6) is 5.75 Å². The van der Waals surface area contributed by atoms with Crippen LogP contribution in [0.2, 0.25) is 0 Å². The van der Waals surface area contributed by atoms with Gasteiger partial charge in [-0.1, -0.05) is 75.4 Å². The second-order valence-corrected chi connectivity index (χ2v) is 12.1. The maximum Gasteiger partial charge on any atom is 0.247 e. The molecule has 1 atom stereocenters. The molecule has 0 heterocycles. The van der Waals surface area contributed by atoms with Crippen molar-refractivity contribution in [2.75, 3.05) is 20.2 Å². The number of nitrogens with one attached hydrogen (secondary N) is 2. The molecule has 220 valence electrons. The van der Waals surface area contributed by atoms with Crippen molar-refractivity contribution in [3.05, 3.63) is 95.6 Å². The van der Waals surface area contributed by atoms with Crippen molar-refractivity contribution >= 4 is 21.8 Å². The molecule has 41 heavy (non-hydrogen) atoms. The van der Waals surface area contributed by atoms with Crippen molar-refractivity contribution in [1.82, 2.24) is 14.9 Å². The Morgan fingerprint density at radius 3 is 2.12 bits per heavy atom. The number of methoxy groups -OCH3 is 1. The van der Waals surface area contributed by atoms with Gasteiger partial charge in [0.15, 0.2) is 0 Å². The maximum absolute atomic E-state index is 13.9. The molecular formula is C32H41N3O5S. The summed E-state index contributed by atoms with van der Waals surface area (Å²) in [6, 6.07) is 22.5. The standard InChI is InChI=1S/C32H41N3O5S/c1-5-34-41(38,39)29-18-13-25(14-19-29)15-20-30(36)35(23-26-11-16-28(40-4)17-12-26)31(27-9-7-6-8-10-27)32(37)33-22-21-24(2)3/h6-14,16-19,24,31,34H,5,15,20-23H2,1-4H3,(H,33,37)/t31-/m0/s1. The molecule has 2 amide bonds. The quantitative estimate of drug-likeness (QED) is 0.268. The molecule has 0 unspecified atom stereocenters.